The van der Waals surface area contributed by atoms with Crippen LogP contribution in [0.15, 0.2) is 18.7 Å². The van der Waals surface area contributed by atoms with Crippen molar-refractivity contribution in [3.8, 4) is 11.4 Å². The summed E-state index contributed by atoms with van der Waals surface area (Å²) in [5.74, 6) is 1.98. The van der Waals surface area contributed by atoms with E-state index < -0.39 is 12.2 Å². The Kier molecular flexibility index (Phi) is 4.56. The number of nitrogens with one attached hydrogen (secondary N) is 1. The molecule has 2 atom stereocenters. The third-order valence-corrected chi connectivity index (χ3v) is 5.70. The Morgan fingerprint density at radius 1 is 1.20 bits per heavy atom. The molecule has 1 amide bonds. The molecule has 1 N–H and O–H groups in total. The van der Waals surface area contributed by atoms with Gasteiger partial charge in [-0.15, -0.1) is 0 Å². The molecule has 1 aliphatic carbocycles. The minimum atomic E-state index is -1.16. The van der Waals surface area contributed by atoms with Gasteiger partial charge in [0.15, 0.2) is 17.0 Å². The van der Waals surface area contributed by atoms with Crippen molar-refractivity contribution in [1.29, 1.82) is 0 Å². The molecule has 3 aromatic rings. The number of rotatable bonds is 5. The Labute approximate surface area is 172 Å². The predicted octanol–water partition coefficient (Wildman–Crippen LogP) is 1.98. The number of carbonyl (C=O) groups excluding carboxylic acids is 1. The number of anilines is 1. The second kappa shape index (κ2) is 7.26. The van der Waals surface area contributed by atoms with Gasteiger partial charge in [-0.05, 0) is 26.7 Å². The van der Waals surface area contributed by atoms with Crippen LogP contribution in [0.3, 0.4) is 0 Å². The summed E-state index contributed by atoms with van der Waals surface area (Å²) in [5, 5.41) is 3.18. The average Bonchev–Trinajstić information content (AvgIpc) is 3.44. The zero-order chi connectivity index (χ0) is 20.8. The highest BCUT2D eigenvalue weighted by Crippen LogP contribution is 2.33. The Bertz CT molecular complexity index is 1090. The highest BCUT2D eigenvalue weighted by molar-refractivity contribution is 5.86. The minimum absolute atomic E-state index is 0.0618. The maximum absolute atomic E-state index is 14.7. The van der Waals surface area contributed by atoms with Gasteiger partial charge in [0.05, 0.1) is 18.2 Å². The van der Waals surface area contributed by atoms with Crippen LogP contribution in [0.5, 0.6) is 0 Å². The zero-order valence-electron chi connectivity index (χ0n) is 16.9. The van der Waals surface area contributed by atoms with E-state index in [0.717, 1.165) is 18.4 Å². The van der Waals surface area contributed by atoms with Gasteiger partial charge in [0.2, 0.25) is 5.91 Å². The van der Waals surface area contributed by atoms with Crippen LogP contribution < -0.4 is 5.32 Å². The summed E-state index contributed by atoms with van der Waals surface area (Å²) in [6.45, 7) is 4.93. The van der Waals surface area contributed by atoms with Crippen LogP contribution in [-0.4, -0.2) is 65.6 Å². The molecular weight excluding hydrogens is 387 g/mol. The highest BCUT2D eigenvalue weighted by Gasteiger charge is 2.41. The molecule has 1 saturated carbocycles. The number of imidazole rings is 1. The number of alkyl halides is 1. The second-order valence-electron chi connectivity index (χ2n) is 7.88. The molecule has 1 aliphatic heterocycles. The molecule has 0 spiro atoms. The van der Waals surface area contributed by atoms with E-state index >= 15 is 0 Å². The fourth-order valence-corrected chi connectivity index (χ4v) is 3.91. The Hall–Kier alpha value is -3.17. The van der Waals surface area contributed by atoms with Crippen LogP contribution >= 0.6 is 0 Å². The topological polar surface area (TPSA) is 102 Å². The van der Waals surface area contributed by atoms with Gasteiger partial charge in [-0.3, -0.25) is 4.79 Å². The molecule has 9 nitrogen and oxygen atoms in total. The summed E-state index contributed by atoms with van der Waals surface area (Å²) < 4.78 is 16.6. The van der Waals surface area contributed by atoms with E-state index in [1.807, 2.05) is 18.4 Å². The minimum Gasteiger partial charge on any atom is -0.361 e. The summed E-state index contributed by atoms with van der Waals surface area (Å²) >= 11 is 0. The van der Waals surface area contributed by atoms with Crippen molar-refractivity contribution < 1.29 is 9.18 Å². The first-order valence-electron chi connectivity index (χ1n) is 10.2. The van der Waals surface area contributed by atoms with Crippen molar-refractivity contribution >= 4 is 22.9 Å². The molecule has 2 aliphatic rings. The van der Waals surface area contributed by atoms with Crippen molar-refractivity contribution in [3.63, 3.8) is 0 Å². The number of amides is 1. The van der Waals surface area contributed by atoms with E-state index in [9.17, 15) is 9.18 Å². The van der Waals surface area contributed by atoms with Crippen LogP contribution in [0.1, 0.15) is 25.6 Å². The van der Waals surface area contributed by atoms with Crippen molar-refractivity contribution in [1.82, 2.24) is 34.4 Å². The predicted molar refractivity (Wildman–Crippen MR) is 108 cm³/mol. The maximum Gasteiger partial charge on any atom is 0.225 e. The summed E-state index contributed by atoms with van der Waals surface area (Å²) in [4.78, 5) is 35.9. The van der Waals surface area contributed by atoms with Gasteiger partial charge in [-0.25, -0.2) is 29.3 Å². The van der Waals surface area contributed by atoms with E-state index in [1.54, 1.807) is 17.3 Å². The summed E-state index contributed by atoms with van der Waals surface area (Å²) in [6, 6.07) is -0.524. The quantitative estimate of drug-likeness (QED) is 0.686. The van der Waals surface area contributed by atoms with Crippen LogP contribution in [0, 0.1) is 12.8 Å². The van der Waals surface area contributed by atoms with Crippen molar-refractivity contribution in [2.24, 2.45) is 5.92 Å². The lowest BCUT2D eigenvalue weighted by atomic mass is 10.2. The molecule has 0 aromatic carbocycles. The van der Waals surface area contributed by atoms with E-state index in [1.165, 1.54) is 6.33 Å². The molecule has 0 radical (unpaired) electrons. The molecule has 3 aromatic heterocycles. The number of hydrogen-bond donors (Lipinski definition) is 1. The number of carbonyl (C=O) groups is 1. The first-order valence-corrected chi connectivity index (χ1v) is 10.2. The number of likely N-dealkylation sites (tertiary alicyclic amines) is 1. The van der Waals surface area contributed by atoms with E-state index in [2.05, 4.69) is 25.3 Å². The van der Waals surface area contributed by atoms with Gasteiger partial charge in [0.25, 0.3) is 0 Å². The lowest BCUT2D eigenvalue weighted by Crippen LogP contribution is -2.33. The summed E-state index contributed by atoms with van der Waals surface area (Å²) in [6.07, 6.45) is 5.57. The van der Waals surface area contributed by atoms with Gasteiger partial charge in [-0.2, -0.15) is 0 Å². The normalized spacial score (nSPS) is 21.4. The molecule has 4 heterocycles. The lowest BCUT2D eigenvalue weighted by molar-refractivity contribution is -0.131. The molecule has 10 heteroatoms. The number of hydrogen-bond acceptors (Lipinski definition) is 7. The van der Waals surface area contributed by atoms with Crippen LogP contribution in [0.2, 0.25) is 0 Å². The first-order chi connectivity index (χ1) is 14.5. The third kappa shape index (κ3) is 3.25. The molecular formula is C20H23FN8O. The largest absolute Gasteiger partial charge is 0.361 e. The second-order valence-corrected chi connectivity index (χ2v) is 7.88. The molecule has 1 saturated heterocycles. The third-order valence-electron chi connectivity index (χ3n) is 5.70. The fourth-order valence-electron chi connectivity index (χ4n) is 3.91. The zero-order valence-corrected chi connectivity index (χ0v) is 16.9. The maximum atomic E-state index is 14.7. The molecule has 30 heavy (non-hydrogen) atoms. The summed E-state index contributed by atoms with van der Waals surface area (Å²) in [7, 11) is 0. The van der Waals surface area contributed by atoms with Gasteiger partial charge < -0.3 is 14.8 Å². The van der Waals surface area contributed by atoms with E-state index in [0.29, 0.717) is 41.7 Å². The number of fused-ring (bicyclic) bond motifs is 1. The molecule has 2 unspecified atom stereocenters. The molecule has 2 fully saturated rings. The highest BCUT2D eigenvalue weighted by atomic mass is 19.1. The van der Waals surface area contributed by atoms with Crippen molar-refractivity contribution in [3.05, 3.63) is 24.5 Å². The molecule has 0 bridgehead atoms. The van der Waals surface area contributed by atoms with Crippen molar-refractivity contribution in [2.45, 2.75) is 45.4 Å². The Morgan fingerprint density at radius 2 is 1.97 bits per heavy atom. The van der Waals surface area contributed by atoms with Crippen LogP contribution in [0.25, 0.3) is 22.6 Å². The number of aromatic nitrogens is 6. The standard InChI is InChI=1S/C20H23FN8O/c1-3-29-18(13-6-22-11(2)23-7-13)27-16-17(24-10-25-19(16)29)26-15-9-28(8-14(15)21)20(30)12-4-5-12/h6-7,10,12,14-15H,3-5,8-9H2,1-2H3,(H,24,25,26). The molecule has 5 rings (SSSR count). The number of nitrogens with zero attached hydrogens (tertiary/aromatic N) is 7. The van der Waals surface area contributed by atoms with E-state index in [4.69, 9.17) is 4.98 Å². The van der Waals surface area contributed by atoms with Crippen molar-refractivity contribution in [2.75, 3.05) is 18.4 Å². The monoisotopic (exact) mass is 410 g/mol. The Morgan fingerprint density at radius 3 is 2.67 bits per heavy atom. The average molecular weight is 410 g/mol. The fraction of sp³-hybridized carbons (Fsp3) is 0.500. The van der Waals surface area contributed by atoms with Crippen LogP contribution in [-0.2, 0) is 11.3 Å². The SMILES string of the molecule is CCn1c(-c2cnc(C)nc2)nc2c(NC3CN(C(=O)C4CC4)CC3F)ncnc21. The van der Waals surface area contributed by atoms with Gasteiger partial charge in [0.1, 0.15) is 24.1 Å². The van der Waals surface area contributed by atoms with Gasteiger partial charge >= 0.3 is 0 Å². The van der Waals surface area contributed by atoms with Gasteiger partial charge in [0, 0.05) is 31.4 Å². The smallest absolute Gasteiger partial charge is 0.225 e. The molecule has 156 valence electrons. The number of aryl methyl sites for hydroxylation is 2. The van der Waals surface area contributed by atoms with Gasteiger partial charge in [-0.1, -0.05) is 0 Å². The Balaban J connectivity index is 1.46. The lowest BCUT2D eigenvalue weighted by Gasteiger charge is -2.16. The number of halogens is 1. The summed E-state index contributed by atoms with van der Waals surface area (Å²) in [5.41, 5.74) is 2.00. The first kappa shape index (κ1) is 18.8. The van der Waals surface area contributed by atoms with Crippen LogP contribution in [0.4, 0.5) is 10.2 Å². The van der Waals surface area contributed by atoms with E-state index in [-0.39, 0.29) is 18.4 Å².